The van der Waals surface area contributed by atoms with Gasteiger partial charge in [-0.25, -0.2) is 9.67 Å². The van der Waals surface area contributed by atoms with Crippen molar-refractivity contribution in [2.24, 2.45) is 0 Å². The first kappa shape index (κ1) is 19.0. The van der Waals surface area contributed by atoms with Crippen molar-refractivity contribution in [1.29, 1.82) is 0 Å². The molecule has 1 N–H and O–H groups in total. The van der Waals surface area contributed by atoms with Gasteiger partial charge in [0.05, 0.1) is 28.0 Å². The van der Waals surface area contributed by atoms with Crippen LogP contribution in [0.3, 0.4) is 0 Å². The summed E-state index contributed by atoms with van der Waals surface area (Å²) in [5.74, 6) is 0.704. The maximum absolute atomic E-state index is 13.6. The number of nitrogens with zero attached hydrogens (tertiary/aromatic N) is 3. The van der Waals surface area contributed by atoms with Gasteiger partial charge in [0, 0.05) is 16.8 Å². The first-order valence-corrected chi connectivity index (χ1v) is 10.4. The monoisotopic (exact) mass is 406 g/mol. The van der Waals surface area contributed by atoms with Crippen LogP contribution < -0.4 is 5.32 Å². The van der Waals surface area contributed by atoms with Gasteiger partial charge >= 0.3 is 0 Å². The van der Waals surface area contributed by atoms with Crippen LogP contribution in [0.2, 0.25) is 0 Å². The van der Waals surface area contributed by atoms with E-state index in [9.17, 15) is 4.79 Å². The van der Waals surface area contributed by atoms with E-state index in [1.54, 1.807) is 4.68 Å². The van der Waals surface area contributed by atoms with Crippen LogP contribution in [0.4, 0.5) is 5.82 Å². The van der Waals surface area contributed by atoms with Crippen LogP contribution in [0.5, 0.6) is 0 Å². The maximum Gasteiger partial charge on any atom is 0.258 e. The highest BCUT2D eigenvalue weighted by atomic mass is 16.1. The largest absolute Gasteiger partial charge is 0.306 e. The van der Waals surface area contributed by atoms with E-state index in [4.69, 9.17) is 10.1 Å². The topological polar surface area (TPSA) is 59.8 Å². The van der Waals surface area contributed by atoms with Gasteiger partial charge in [-0.15, -0.1) is 0 Å². The molecule has 31 heavy (non-hydrogen) atoms. The summed E-state index contributed by atoms with van der Waals surface area (Å²) in [4.78, 5) is 18.3. The molecule has 0 unspecified atom stereocenters. The van der Waals surface area contributed by atoms with Gasteiger partial charge < -0.3 is 5.32 Å². The molecule has 0 fully saturated rings. The molecule has 5 nitrogen and oxygen atoms in total. The summed E-state index contributed by atoms with van der Waals surface area (Å²) >= 11 is 0. The van der Waals surface area contributed by atoms with Crippen molar-refractivity contribution >= 4 is 33.5 Å². The molecule has 2 aromatic heterocycles. The Kier molecular flexibility index (Phi) is 4.71. The van der Waals surface area contributed by atoms with Gasteiger partial charge in [0.15, 0.2) is 0 Å². The highest BCUT2D eigenvalue weighted by Gasteiger charge is 2.19. The van der Waals surface area contributed by atoms with Crippen LogP contribution in [0.15, 0.2) is 84.9 Å². The summed E-state index contributed by atoms with van der Waals surface area (Å²) in [6.07, 6.45) is 0. The van der Waals surface area contributed by atoms with Crippen molar-refractivity contribution in [1.82, 2.24) is 14.8 Å². The van der Waals surface area contributed by atoms with Gasteiger partial charge in [-0.05, 0) is 30.2 Å². The molecule has 0 saturated carbocycles. The number of aromatic nitrogens is 3. The first-order valence-electron chi connectivity index (χ1n) is 10.4. The molecule has 0 aliphatic carbocycles. The number of benzene rings is 3. The molecule has 1 amide bonds. The Labute approximate surface area is 180 Å². The molecule has 5 aromatic rings. The van der Waals surface area contributed by atoms with E-state index < -0.39 is 0 Å². The van der Waals surface area contributed by atoms with Gasteiger partial charge in [-0.2, -0.15) is 5.10 Å². The second-order valence-corrected chi connectivity index (χ2v) is 7.83. The number of anilines is 1. The number of rotatable bonds is 4. The molecular weight excluding hydrogens is 384 g/mol. The zero-order valence-corrected chi connectivity index (χ0v) is 17.4. The summed E-state index contributed by atoms with van der Waals surface area (Å²) in [6.45, 7) is 4.18. The van der Waals surface area contributed by atoms with Crippen LogP contribution in [0.25, 0.3) is 27.5 Å². The van der Waals surface area contributed by atoms with E-state index in [1.807, 2.05) is 84.9 Å². The molecule has 0 radical (unpaired) electrons. The van der Waals surface area contributed by atoms with Crippen molar-refractivity contribution in [2.75, 3.05) is 5.32 Å². The SMILES string of the molecule is CC(C)c1cc(NC(=O)c2c3ccccc3nc3ccccc23)n(-c2ccccc2)n1. The average molecular weight is 406 g/mol. The molecule has 3 aromatic carbocycles. The molecule has 5 rings (SSSR count). The lowest BCUT2D eigenvalue weighted by molar-refractivity contribution is 0.102. The molecule has 0 aliphatic heterocycles. The van der Waals surface area contributed by atoms with Crippen molar-refractivity contribution in [3.63, 3.8) is 0 Å². The third-order valence-electron chi connectivity index (χ3n) is 5.38. The predicted octanol–water partition coefficient (Wildman–Crippen LogP) is 5.95. The van der Waals surface area contributed by atoms with Crippen molar-refractivity contribution in [2.45, 2.75) is 19.8 Å². The number of fused-ring (bicyclic) bond motifs is 2. The normalized spacial score (nSPS) is 11.3. The Bertz CT molecular complexity index is 1350. The Balaban J connectivity index is 1.65. The van der Waals surface area contributed by atoms with E-state index in [0.29, 0.717) is 11.4 Å². The van der Waals surface area contributed by atoms with Crippen LogP contribution in [-0.2, 0) is 0 Å². The molecule has 5 heteroatoms. The summed E-state index contributed by atoms with van der Waals surface area (Å²) < 4.78 is 1.79. The number of hydrogen-bond acceptors (Lipinski definition) is 3. The minimum atomic E-state index is -0.179. The number of para-hydroxylation sites is 3. The summed E-state index contributed by atoms with van der Waals surface area (Å²) in [5.41, 5.74) is 4.03. The molecular formula is C26H22N4O. The number of carbonyl (C=O) groups excluding carboxylic acids is 1. The highest BCUT2D eigenvalue weighted by Crippen LogP contribution is 2.28. The molecule has 0 atom stereocenters. The number of hydrogen-bond donors (Lipinski definition) is 1. The lowest BCUT2D eigenvalue weighted by Gasteiger charge is -2.12. The van der Waals surface area contributed by atoms with E-state index >= 15 is 0 Å². The summed E-state index contributed by atoms with van der Waals surface area (Å²) in [6, 6.07) is 27.3. The smallest absolute Gasteiger partial charge is 0.258 e. The van der Waals surface area contributed by atoms with Crippen molar-refractivity contribution in [3.05, 3.63) is 96.2 Å². The predicted molar refractivity (Wildman–Crippen MR) is 125 cm³/mol. The van der Waals surface area contributed by atoms with Gasteiger partial charge in [-0.3, -0.25) is 4.79 Å². The number of nitrogens with one attached hydrogen (secondary N) is 1. The minimum absolute atomic E-state index is 0.179. The molecule has 0 saturated heterocycles. The minimum Gasteiger partial charge on any atom is -0.306 e. The van der Waals surface area contributed by atoms with Crippen LogP contribution in [0, 0.1) is 0 Å². The molecule has 0 bridgehead atoms. The molecule has 2 heterocycles. The fraction of sp³-hybridized carbons (Fsp3) is 0.115. The zero-order valence-electron chi connectivity index (χ0n) is 17.4. The number of amides is 1. The second kappa shape index (κ2) is 7.69. The third kappa shape index (κ3) is 3.44. The van der Waals surface area contributed by atoms with Gasteiger partial charge in [0.2, 0.25) is 0 Å². The van der Waals surface area contributed by atoms with Crippen LogP contribution >= 0.6 is 0 Å². The highest BCUT2D eigenvalue weighted by molar-refractivity contribution is 6.20. The third-order valence-corrected chi connectivity index (χ3v) is 5.38. The summed E-state index contributed by atoms with van der Waals surface area (Å²) in [5, 5.41) is 9.51. The van der Waals surface area contributed by atoms with Gasteiger partial charge in [-0.1, -0.05) is 68.4 Å². The molecule has 0 spiro atoms. The first-order chi connectivity index (χ1) is 15.1. The van der Waals surface area contributed by atoms with E-state index in [0.717, 1.165) is 33.2 Å². The fourth-order valence-electron chi connectivity index (χ4n) is 3.80. The Morgan fingerprint density at radius 1 is 0.839 bits per heavy atom. The lowest BCUT2D eigenvalue weighted by atomic mass is 10.0. The Morgan fingerprint density at radius 2 is 1.42 bits per heavy atom. The van der Waals surface area contributed by atoms with Crippen molar-refractivity contribution in [3.8, 4) is 5.69 Å². The van der Waals surface area contributed by atoms with E-state index in [2.05, 4.69) is 19.2 Å². The van der Waals surface area contributed by atoms with E-state index in [-0.39, 0.29) is 11.8 Å². The quantitative estimate of drug-likeness (QED) is 0.375. The number of carbonyl (C=O) groups is 1. The van der Waals surface area contributed by atoms with Crippen LogP contribution in [-0.4, -0.2) is 20.7 Å². The standard InChI is InChI=1S/C26H22N4O/c1-17(2)23-16-24(30(29-23)18-10-4-3-5-11-18)28-26(31)25-19-12-6-8-14-21(19)27-22-15-9-7-13-20(22)25/h3-17H,1-2H3,(H,28,31). The van der Waals surface area contributed by atoms with Crippen LogP contribution in [0.1, 0.15) is 35.8 Å². The fourth-order valence-corrected chi connectivity index (χ4v) is 3.80. The zero-order chi connectivity index (χ0) is 21.4. The molecule has 0 aliphatic rings. The molecule has 152 valence electrons. The number of pyridine rings is 1. The average Bonchev–Trinajstić information content (AvgIpc) is 3.22. The Morgan fingerprint density at radius 3 is 2.03 bits per heavy atom. The lowest BCUT2D eigenvalue weighted by Crippen LogP contribution is -2.16. The van der Waals surface area contributed by atoms with Crippen molar-refractivity contribution < 1.29 is 4.79 Å². The van der Waals surface area contributed by atoms with E-state index in [1.165, 1.54) is 0 Å². The summed E-state index contributed by atoms with van der Waals surface area (Å²) in [7, 11) is 0. The second-order valence-electron chi connectivity index (χ2n) is 7.83. The maximum atomic E-state index is 13.6. The van der Waals surface area contributed by atoms with Gasteiger partial charge in [0.25, 0.3) is 5.91 Å². The Hall–Kier alpha value is -3.99. The van der Waals surface area contributed by atoms with Gasteiger partial charge in [0.1, 0.15) is 5.82 Å².